The lowest BCUT2D eigenvalue weighted by molar-refractivity contribution is -0.149. The minimum Gasteiger partial charge on any atom is -0.496 e. The van der Waals surface area contributed by atoms with E-state index in [2.05, 4.69) is 6.92 Å². The lowest BCUT2D eigenvalue weighted by Gasteiger charge is -2.27. The number of rotatable bonds is 13. The maximum absolute atomic E-state index is 12.1. The van der Waals surface area contributed by atoms with Crippen molar-refractivity contribution >= 4 is 11.8 Å². The molecule has 0 radical (unpaired) electrons. The number of fused-ring (bicyclic) bond motifs is 1. The van der Waals surface area contributed by atoms with E-state index in [9.17, 15) is 9.59 Å². The van der Waals surface area contributed by atoms with Crippen LogP contribution in [0.5, 0.6) is 23.0 Å². The first kappa shape index (κ1) is 26.8. The van der Waals surface area contributed by atoms with E-state index in [-0.39, 0.29) is 11.8 Å². The molecule has 2 aromatic carbocycles. The minimum absolute atomic E-state index is 0.0105. The Morgan fingerprint density at radius 3 is 2.30 bits per heavy atom. The molecule has 0 N–H and O–H groups in total. The number of methoxy groups -OCH3 is 2. The number of esters is 1. The van der Waals surface area contributed by atoms with Crippen LogP contribution in [0.3, 0.4) is 0 Å². The van der Waals surface area contributed by atoms with Crippen LogP contribution >= 0.6 is 0 Å². The summed E-state index contributed by atoms with van der Waals surface area (Å²) in [6.07, 6.45) is 6.50. The van der Waals surface area contributed by atoms with Crippen molar-refractivity contribution in [2.75, 3.05) is 27.4 Å². The van der Waals surface area contributed by atoms with Crippen molar-refractivity contribution in [1.82, 2.24) is 0 Å². The zero-order chi connectivity index (χ0) is 26.4. The van der Waals surface area contributed by atoms with Gasteiger partial charge in [-0.25, -0.2) is 4.79 Å². The second-order valence-electron chi connectivity index (χ2n) is 9.83. The Bertz CT molecular complexity index is 1120. The summed E-state index contributed by atoms with van der Waals surface area (Å²) in [6.45, 7) is 4.64. The molecule has 1 unspecified atom stereocenters. The molecule has 37 heavy (non-hydrogen) atoms. The van der Waals surface area contributed by atoms with E-state index in [0.29, 0.717) is 43.3 Å². The summed E-state index contributed by atoms with van der Waals surface area (Å²) in [6, 6.07) is 7.71. The number of Topliss-reactive ketones (excluding diaryl/α,β-unsaturated/α-hetero) is 1. The molecule has 1 saturated carbocycles. The van der Waals surface area contributed by atoms with Crippen LogP contribution in [0.25, 0.3) is 0 Å². The molecule has 1 aliphatic heterocycles. The van der Waals surface area contributed by atoms with E-state index >= 15 is 0 Å². The summed E-state index contributed by atoms with van der Waals surface area (Å²) in [5, 5.41) is 0. The highest BCUT2D eigenvalue weighted by Crippen LogP contribution is 2.41. The topological polar surface area (TPSA) is 80.3 Å². The van der Waals surface area contributed by atoms with Gasteiger partial charge in [0.2, 0.25) is 0 Å². The standard InChI is InChI=1S/C30H38O7/c1-5-7-23-25(13-10-21-11-14-27(30(32)34-4)37-28(21)23)35-16-6-17-36-26-15-12-22(19(2)31)29(33-3)24(26)18-20-8-9-20/h10,12-13,15,20,27H,5-9,11,14,16-18H2,1-4H3. The number of hydrogen-bond donors (Lipinski definition) is 0. The van der Waals surface area contributed by atoms with Crippen LogP contribution < -0.4 is 18.9 Å². The highest BCUT2D eigenvalue weighted by atomic mass is 16.6. The Labute approximate surface area is 219 Å². The number of ketones is 1. The van der Waals surface area contributed by atoms with Gasteiger partial charge < -0.3 is 23.7 Å². The van der Waals surface area contributed by atoms with Gasteiger partial charge in [-0.05, 0) is 75.1 Å². The summed E-state index contributed by atoms with van der Waals surface area (Å²) in [4.78, 5) is 24.1. The quantitative estimate of drug-likeness (QED) is 0.199. The van der Waals surface area contributed by atoms with E-state index in [1.807, 2.05) is 18.2 Å². The normalized spacial score (nSPS) is 16.4. The van der Waals surface area contributed by atoms with Gasteiger partial charge >= 0.3 is 5.97 Å². The second kappa shape index (κ2) is 12.3. The molecule has 7 nitrogen and oxygen atoms in total. The Balaban J connectivity index is 1.40. The molecular formula is C30H38O7. The van der Waals surface area contributed by atoms with Gasteiger partial charge in [-0.2, -0.15) is 0 Å². The highest BCUT2D eigenvalue weighted by molar-refractivity contribution is 5.97. The summed E-state index contributed by atoms with van der Waals surface area (Å²) in [7, 11) is 3.00. The average Bonchev–Trinajstić information content (AvgIpc) is 3.73. The van der Waals surface area contributed by atoms with Gasteiger partial charge in [-0.15, -0.1) is 0 Å². The first-order chi connectivity index (χ1) is 18.0. The van der Waals surface area contributed by atoms with Gasteiger partial charge in [0.1, 0.15) is 23.0 Å². The molecule has 2 aromatic rings. The molecule has 4 rings (SSSR count). The Morgan fingerprint density at radius 1 is 0.973 bits per heavy atom. The summed E-state index contributed by atoms with van der Waals surface area (Å²) in [5.74, 6) is 3.24. The van der Waals surface area contributed by atoms with Gasteiger partial charge in [0.15, 0.2) is 11.9 Å². The van der Waals surface area contributed by atoms with Crippen LogP contribution in [0, 0.1) is 5.92 Å². The molecule has 2 aliphatic rings. The number of hydrogen-bond acceptors (Lipinski definition) is 7. The van der Waals surface area contributed by atoms with Gasteiger partial charge in [-0.3, -0.25) is 4.79 Å². The molecule has 1 atom stereocenters. The fourth-order valence-electron chi connectivity index (χ4n) is 4.89. The third kappa shape index (κ3) is 6.38. The lowest BCUT2D eigenvalue weighted by atomic mass is 9.96. The van der Waals surface area contributed by atoms with Crippen molar-refractivity contribution in [3.63, 3.8) is 0 Å². The third-order valence-electron chi connectivity index (χ3n) is 6.99. The fourth-order valence-corrected chi connectivity index (χ4v) is 4.89. The average molecular weight is 511 g/mol. The molecule has 200 valence electrons. The maximum Gasteiger partial charge on any atom is 0.347 e. The first-order valence-corrected chi connectivity index (χ1v) is 13.3. The van der Waals surface area contributed by atoms with Crippen molar-refractivity contribution in [3.8, 4) is 23.0 Å². The van der Waals surface area contributed by atoms with Crippen LogP contribution in [0.2, 0.25) is 0 Å². The Morgan fingerprint density at radius 2 is 1.68 bits per heavy atom. The van der Waals surface area contributed by atoms with Crippen LogP contribution in [0.4, 0.5) is 0 Å². The summed E-state index contributed by atoms with van der Waals surface area (Å²) < 4.78 is 28.9. The first-order valence-electron chi connectivity index (χ1n) is 13.3. The van der Waals surface area contributed by atoms with Gasteiger partial charge in [0.05, 0.1) is 33.0 Å². The largest absolute Gasteiger partial charge is 0.496 e. The molecular weight excluding hydrogens is 472 g/mol. The van der Waals surface area contributed by atoms with Gasteiger partial charge in [0.25, 0.3) is 0 Å². The number of aryl methyl sites for hydroxylation is 1. The number of carbonyl (C=O) groups excluding carboxylic acids is 2. The molecule has 1 heterocycles. The number of benzene rings is 2. The summed E-state index contributed by atoms with van der Waals surface area (Å²) >= 11 is 0. The minimum atomic E-state index is -0.576. The zero-order valence-corrected chi connectivity index (χ0v) is 22.4. The smallest absolute Gasteiger partial charge is 0.347 e. The van der Waals surface area contributed by atoms with E-state index in [1.54, 1.807) is 20.1 Å². The number of carbonyl (C=O) groups is 2. The van der Waals surface area contributed by atoms with E-state index < -0.39 is 6.10 Å². The molecule has 1 fully saturated rings. The van der Waals surface area contributed by atoms with Crippen molar-refractivity contribution in [1.29, 1.82) is 0 Å². The summed E-state index contributed by atoms with van der Waals surface area (Å²) in [5.41, 5.74) is 3.69. The second-order valence-corrected chi connectivity index (χ2v) is 9.83. The van der Waals surface area contributed by atoms with Crippen LogP contribution in [-0.2, 0) is 28.8 Å². The van der Waals surface area contributed by atoms with Gasteiger partial charge in [-0.1, -0.05) is 19.4 Å². The van der Waals surface area contributed by atoms with Crippen molar-refractivity contribution in [2.24, 2.45) is 5.92 Å². The molecule has 0 aromatic heterocycles. The van der Waals surface area contributed by atoms with Crippen molar-refractivity contribution < 1.29 is 33.3 Å². The van der Waals surface area contributed by atoms with Crippen LogP contribution in [0.15, 0.2) is 24.3 Å². The Kier molecular flexibility index (Phi) is 8.95. The number of ether oxygens (including phenoxy) is 5. The third-order valence-corrected chi connectivity index (χ3v) is 6.99. The monoisotopic (exact) mass is 510 g/mol. The van der Waals surface area contributed by atoms with Crippen LogP contribution in [-0.4, -0.2) is 45.3 Å². The van der Waals surface area contributed by atoms with E-state index in [0.717, 1.165) is 59.6 Å². The Hall–Kier alpha value is -3.22. The zero-order valence-electron chi connectivity index (χ0n) is 22.4. The molecule has 0 amide bonds. The van der Waals surface area contributed by atoms with Crippen LogP contribution in [0.1, 0.15) is 73.0 Å². The molecule has 0 bridgehead atoms. The predicted octanol–water partition coefficient (Wildman–Crippen LogP) is 5.52. The fraction of sp³-hybridized carbons (Fsp3) is 0.533. The van der Waals surface area contributed by atoms with Crippen molar-refractivity contribution in [3.05, 3.63) is 46.5 Å². The highest BCUT2D eigenvalue weighted by Gasteiger charge is 2.30. The molecule has 0 spiro atoms. The molecule has 0 saturated heterocycles. The molecule has 1 aliphatic carbocycles. The van der Waals surface area contributed by atoms with E-state index in [1.165, 1.54) is 20.0 Å². The molecule has 7 heteroatoms. The SMILES string of the molecule is CCCc1c(OCCCOc2ccc(C(C)=O)c(OC)c2CC2CC2)ccc2c1OC(C(=O)OC)CC2. The lowest BCUT2D eigenvalue weighted by Crippen LogP contribution is -2.32. The van der Waals surface area contributed by atoms with Gasteiger partial charge in [0, 0.05) is 17.5 Å². The maximum atomic E-state index is 12.1. The predicted molar refractivity (Wildman–Crippen MR) is 140 cm³/mol. The van der Waals surface area contributed by atoms with Crippen molar-refractivity contribution in [2.45, 2.75) is 71.3 Å². The van der Waals surface area contributed by atoms with E-state index in [4.69, 9.17) is 23.7 Å².